The number of fused-ring (bicyclic) bond motifs is 17. The number of rotatable bonds is 2. The minimum absolute atomic E-state index is 0.749. The number of hydrogen-bond donors (Lipinski definition) is 0. The molecule has 4 saturated carbocycles. The fraction of sp³-hybridized carbons (Fsp3) is 0.519. The quantitative estimate of drug-likeness (QED) is 0.343. The van der Waals surface area contributed by atoms with Gasteiger partial charge in [-0.3, -0.25) is 4.79 Å². The number of aldehydes is 1. The van der Waals surface area contributed by atoms with Crippen molar-refractivity contribution in [1.29, 1.82) is 0 Å². The number of carbonyl (C=O) groups excluding carboxylic acids is 1. The Labute approximate surface area is 167 Å². The molecule has 7 rings (SSSR count). The monoisotopic (exact) mass is 368 g/mol. The highest BCUT2D eigenvalue weighted by Crippen LogP contribution is 2.76. The Bertz CT molecular complexity index is 1030. The molecule has 0 aliphatic heterocycles. The maximum atomic E-state index is 11.4. The second-order valence-corrected chi connectivity index (χ2v) is 10.3. The molecule has 0 saturated heterocycles. The highest BCUT2D eigenvalue weighted by Gasteiger charge is 2.68. The molecule has 142 valence electrons. The molecule has 1 nitrogen and oxygen atoms in total. The van der Waals surface area contributed by atoms with Crippen molar-refractivity contribution in [3.05, 3.63) is 59.2 Å². The van der Waals surface area contributed by atoms with Gasteiger partial charge in [-0.05, 0) is 114 Å². The van der Waals surface area contributed by atoms with Crippen LogP contribution in [-0.2, 0) is 0 Å². The Kier molecular flexibility index (Phi) is 3.07. The predicted molar refractivity (Wildman–Crippen MR) is 113 cm³/mol. The first-order chi connectivity index (χ1) is 13.8. The van der Waals surface area contributed by atoms with E-state index in [1.54, 1.807) is 11.1 Å². The van der Waals surface area contributed by atoms with Crippen molar-refractivity contribution in [2.75, 3.05) is 0 Å². The molecule has 4 bridgehead atoms. The van der Waals surface area contributed by atoms with Gasteiger partial charge in [0.15, 0.2) is 0 Å². The van der Waals surface area contributed by atoms with Gasteiger partial charge in [-0.1, -0.05) is 36.4 Å². The van der Waals surface area contributed by atoms with E-state index in [4.69, 9.17) is 0 Å². The average molecular weight is 369 g/mol. The van der Waals surface area contributed by atoms with Crippen molar-refractivity contribution < 1.29 is 4.79 Å². The summed E-state index contributed by atoms with van der Waals surface area (Å²) in [5.41, 5.74) is 4.11. The SMILES string of the molecule is C/C=C\C1CCC2C3CC(C12)C1C2CC(c4ccc5ccc(C=O)cc5c42)C31. The summed E-state index contributed by atoms with van der Waals surface area (Å²) in [4.78, 5) is 11.4. The van der Waals surface area contributed by atoms with E-state index in [2.05, 4.69) is 43.3 Å². The van der Waals surface area contributed by atoms with Crippen LogP contribution in [0.2, 0.25) is 0 Å². The molecule has 0 aromatic heterocycles. The van der Waals surface area contributed by atoms with Gasteiger partial charge in [0.25, 0.3) is 0 Å². The Balaban J connectivity index is 1.37. The average Bonchev–Trinajstić information content (AvgIpc) is 3.50. The lowest BCUT2D eigenvalue weighted by molar-refractivity contribution is 0.104. The molecular weight excluding hydrogens is 340 g/mol. The first-order valence-corrected chi connectivity index (χ1v) is 11.4. The predicted octanol–water partition coefficient (Wildman–Crippen LogP) is 6.34. The number of hydrogen-bond acceptors (Lipinski definition) is 1. The zero-order valence-electron chi connectivity index (χ0n) is 16.6. The fourth-order valence-corrected chi connectivity index (χ4v) is 9.32. The molecule has 2 aromatic carbocycles. The largest absolute Gasteiger partial charge is 0.298 e. The molecule has 2 aromatic rings. The van der Waals surface area contributed by atoms with Crippen molar-refractivity contribution in [1.82, 2.24) is 0 Å². The fourth-order valence-electron chi connectivity index (χ4n) is 9.32. The first-order valence-electron chi connectivity index (χ1n) is 11.4. The zero-order valence-corrected chi connectivity index (χ0v) is 16.6. The van der Waals surface area contributed by atoms with Gasteiger partial charge in [0.05, 0.1) is 0 Å². The van der Waals surface area contributed by atoms with Crippen molar-refractivity contribution in [3.63, 3.8) is 0 Å². The van der Waals surface area contributed by atoms with E-state index in [9.17, 15) is 4.79 Å². The summed E-state index contributed by atoms with van der Waals surface area (Å²) in [5.74, 6) is 8.19. The zero-order chi connectivity index (χ0) is 18.6. The van der Waals surface area contributed by atoms with Gasteiger partial charge in [0, 0.05) is 5.56 Å². The Hall–Kier alpha value is -1.89. The van der Waals surface area contributed by atoms with Crippen LogP contribution in [0.5, 0.6) is 0 Å². The second-order valence-electron chi connectivity index (χ2n) is 10.3. The molecule has 0 radical (unpaired) electrons. The van der Waals surface area contributed by atoms with Crippen LogP contribution in [0, 0.1) is 41.4 Å². The van der Waals surface area contributed by atoms with Gasteiger partial charge in [-0.25, -0.2) is 0 Å². The topological polar surface area (TPSA) is 17.1 Å². The van der Waals surface area contributed by atoms with E-state index < -0.39 is 0 Å². The third-order valence-corrected chi connectivity index (χ3v) is 9.75. The summed E-state index contributed by atoms with van der Waals surface area (Å²) < 4.78 is 0. The summed E-state index contributed by atoms with van der Waals surface area (Å²) in [6.07, 6.45) is 11.7. The van der Waals surface area contributed by atoms with E-state index in [1.807, 2.05) is 6.07 Å². The highest BCUT2D eigenvalue weighted by atomic mass is 16.1. The van der Waals surface area contributed by atoms with Crippen LogP contribution in [0.3, 0.4) is 0 Å². The Morgan fingerprint density at radius 1 is 0.893 bits per heavy atom. The molecule has 9 atom stereocenters. The molecular formula is C27H28O. The number of allylic oxidation sites excluding steroid dienone is 2. The van der Waals surface area contributed by atoms with Crippen LogP contribution in [0.25, 0.3) is 10.8 Å². The summed E-state index contributed by atoms with van der Waals surface area (Å²) in [6, 6.07) is 11.1. The summed E-state index contributed by atoms with van der Waals surface area (Å²) in [5, 5.41) is 2.70. The third kappa shape index (κ3) is 1.74. The summed E-state index contributed by atoms with van der Waals surface area (Å²) >= 11 is 0. The van der Waals surface area contributed by atoms with Gasteiger partial charge in [0.1, 0.15) is 6.29 Å². The maximum Gasteiger partial charge on any atom is 0.150 e. The van der Waals surface area contributed by atoms with Crippen molar-refractivity contribution in [3.8, 4) is 0 Å². The van der Waals surface area contributed by atoms with Gasteiger partial charge in [-0.15, -0.1) is 0 Å². The van der Waals surface area contributed by atoms with E-state index in [0.29, 0.717) is 0 Å². The van der Waals surface area contributed by atoms with Crippen LogP contribution in [0.15, 0.2) is 42.5 Å². The van der Waals surface area contributed by atoms with Gasteiger partial charge in [-0.2, -0.15) is 0 Å². The van der Waals surface area contributed by atoms with Crippen molar-refractivity contribution in [2.24, 2.45) is 41.4 Å². The molecule has 0 heterocycles. The third-order valence-electron chi connectivity index (χ3n) is 9.75. The summed E-state index contributed by atoms with van der Waals surface area (Å²) in [6.45, 7) is 2.20. The maximum absolute atomic E-state index is 11.4. The van der Waals surface area contributed by atoms with E-state index in [1.165, 1.54) is 36.5 Å². The lowest BCUT2D eigenvalue weighted by atomic mass is 9.61. The van der Waals surface area contributed by atoms with Crippen LogP contribution < -0.4 is 0 Å². The molecule has 28 heavy (non-hydrogen) atoms. The van der Waals surface area contributed by atoms with Gasteiger partial charge in [0.2, 0.25) is 0 Å². The van der Waals surface area contributed by atoms with Crippen LogP contribution in [0.4, 0.5) is 0 Å². The molecule has 0 N–H and O–H groups in total. The van der Waals surface area contributed by atoms with Gasteiger partial charge < -0.3 is 0 Å². The minimum Gasteiger partial charge on any atom is -0.298 e. The molecule has 5 aliphatic carbocycles. The molecule has 4 fully saturated rings. The molecule has 1 heteroatoms. The second kappa shape index (κ2) is 5.38. The lowest BCUT2D eigenvalue weighted by Crippen LogP contribution is -2.37. The van der Waals surface area contributed by atoms with Crippen molar-refractivity contribution in [2.45, 2.75) is 44.4 Å². The van der Waals surface area contributed by atoms with E-state index in [0.717, 1.165) is 65.1 Å². The number of benzene rings is 2. The lowest BCUT2D eigenvalue weighted by Gasteiger charge is -2.43. The smallest absolute Gasteiger partial charge is 0.150 e. The van der Waals surface area contributed by atoms with E-state index in [-0.39, 0.29) is 0 Å². The molecule has 9 unspecified atom stereocenters. The first kappa shape index (κ1) is 16.0. The Morgan fingerprint density at radius 2 is 1.75 bits per heavy atom. The standard InChI is InChI=1S/C27H28O/c1-2-3-16-7-9-17-20-11-22(24(16)17)27-23-12-21(26(20)27)18-8-6-15-5-4-14(13-28)10-19(15)25(18)23/h2-6,8,10,13,16-17,20-24,26-27H,7,9,11-12H2,1H3/b3-2-. The minimum atomic E-state index is 0.749. The Morgan fingerprint density at radius 3 is 2.61 bits per heavy atom. The molecule has 0 amide bonds. The van der Waals surface area contributed by atoms with Crippen LogP contribution in [0.1, 0.15) is 65.9 Å². The van der Waals surface area contributed by atoms with Crippen LogP contribution in [-0.4, -0.2) is 6.29 Å². The van der Waals surface area contributed by atoms with Gasteiger partial charge >= 0.3 is 0 Å². The molecule has 5 aliphatic rings. The normalized spacial score (nSPS) is 44.4. The molecule has 0 spiro atoms. The summed E-state index contributed by atoms with van der Waals surface area (Å²) in [7, 11) is 0. The highest BCUT2D eigenvalue weighted by molar-refractivity contribution is 5.93. The van der Waals surface area contributed by atoms with E-state index >= 15 is 0 Å². The van der Waals surface area contributed by atoms with Crippen LogP contribution >= 0.6 is 0 Å². The van der Waals surface area contributed by atoms with Crippen molar-refractivity contribution >= 4 is 17.1 Å². The number of carbonyl (C=O) groups is 1.